The van der Waals surface area contributed by atoms with Crippen LogP contribution in [0.3, 0.4) is 0 Å². The van der Waals surface area contributed by atoms with Gasteiger partial charge in [0.25, 0.3) is 0 Å². The summed E-state index contributed by atoms with van der Waals surface area (Å²) in [5.41, 5.74) is -0.414. The van der Waals surface area contributed by atoms with Crippen molar-refractivity contribution in [2.45, 2.75) is 77.3 Å². The second-order valence-corrected chi connectivity index (χ2v) is 6.51. The molecule has 0 radical (unpaired) electrons. The fourth-order valence-electron chi connectivity index (χ4n) is 4.26. The fraction of sp³-hybridized carbons (Fsp3) is 0.933. The number of Topliss-reactive ketones (excluding diaryl/α,β-unsaturated/α-hetero) is 1. The zero-order valence-corrected chi connectivity index (χ0v) is 11.7. The molecule has 102 valence electrons. The first-order valence-corrected chi connectivity index (χ1v) is 7.38. The van der Waals surface area contributed by atoms with Crippen molar-refractivity contribution in [3.8, 4) is 0 Å². The lowest BCUT2D eigenvalue weighted by Gasteiger charge is -2.53. The van der Waals surface area contributed by atoms with Gasteiger partial charge in [0.15, 0.2) is 5.79 Å². The Balaban J connectivity index is 2.00. The molecule has 3 fully saturated rings. The molecule has 2 saturated carbocycles. The van der Waals surface area contributed by atoms with Gasteiger partial charge in [-0.05, 0) is 52.4 Å². The second-order valence-electron chi connectivity index (χ2n) is 6.51. The molecule has 1 saturated heterocycles. The summed E-state index contributed by atoms with van der Waals surface area (Å²) in [6.07, 6.45) is 6.22. The van der Waals surface area contributed by atoms with Gasteiger partial charge in [0, 0.05) is 12.8 Å². The van der Waals surface area contributed by atoms with E-state index in [1.165, 1.54) is 0 Å². The third kappa shape index (κ3) is 1.47. The Bertz CT molecular complexity index is 353. The molecule has 0 bridgehead atoms. The molecular weight excluding hydrogens is 228 g/mol. The van der Waals surface area contributed by atoms with Crippen LogP contribution in [0.15, 0.2) is 0 Å². The Hall–Kier alpha value is -0.410. The van der Waals surface area contributed by atoms with E-state index in [0.717, 1.165) is 32.1 Å². The first-order chi connectivity index (χ1) is 8.49. The van der Waals surface area contributed by atoms with Crippen molar-refractivity contribution in [2.24, 2.45) is 11.3 Å². The van der Waals surface area contributed by atoms with Gasteiger partial charge < -0.3 is 9.47 Å². The molecule has 2 aliphatic carbocycles. The number of hydrogen-bond acceptors (Lipinski definition) is 3. The maximum Gasteiger partial charge on any atom is 0.181 e. The lowest BCUT2D eigenvalue weighted by molar-refractivity contribution is -0.272. The van der Waals surface area contributed by atoms with E-state index in [-0.39, 0.29) is 12.2 Å². The normalized spacial score (nSPS) is 52.6. The number of carbonyl (C=O) groups is 1. The molecule has 3 nitrogen and oxygen atoms in total. The predicted molar refractivity (Wildman–Crippen MR) is 68.1 cm³/mol. The predicted octanol–water partition coefficient (Wildman–Crippen LogP) is 3.07. The number of ether oxygens (including phenoxy) is 2. The van der Waals surface area contributed by atoms with Crippen LogP contribution in [0.1, 0.15) is 59.3 Å². The van der Waals surface area contributed by atoms with E-state index in [4.69, 9.17) is 9.47 Å². The highest BCUT2D eigenvalue weighted by atomic mass is 16.8. The number of carbonyl (C=O) groups excluding carboxylic acids is 1. The minimum Gasteiger partial charge on any atom is -0.343 e. The molecule has 0 aromatic rings. The van der Waals surface area contributed by atoms with Crippen molar-refractivity contribution in [3.05, 3.63) is 0 Å². The molecule has 3 rings (SSSR count). The van der Waals surface area contributed by atoms with Crippen molar-refractivity contribution in [1.29, 1.82) is 0 Å². The molecule has 0 N–H and O–H groups in total. The zero-order valence-electron chi connectivity index (χ0n) is 11.7. The maximum absolute atomic E-state index is 12.6. The van der Waals surface area contributed by atoms with Gasteiger partial charge in [-0.25, -0.2) is 0 Å². The molecule has 4 atom stereocenters. The number of hydrogen-bond donors (Lipinski definition) is 0. The second kappa shape index (κ2) is 4.04. The third-order valence-electron chi connectivity index (χ3n) is 5.62. The van der Waals surface area contributed by atoms with E-state index in [1.54, 1.807) is 0 Å². The van der Waals surface area contributed by atoms with E-state index < -0.39 is 11.2 Å². The van der Waals surface area contributed by atoms with Crippen LogP contribution in [0.5, 0.6) is 0 Å². The van der Waals surface area contributed by atoms with E-state index >= 15 is 0 Å². The first kappa shape index (κ1) is 12.6. The topological polar surface area (TPSA) is 35.5 Å². The van der Waals surface area contributed by atoms with E-state index in [9.17, 15) is 4.79 Å². The molecule has 1 spiro atoms. The van der Waals surface area contributed by atoms with Crippen LogP contribution in [0.25, 0.3) is 0 Å². The molecular formula is C15H24O3. The monoisotopic (exact) mass is 252 g/mol. The van der Waals surface area contributed by atoms with Crippen molar-refractivity contribution in [1.82, 2.24) is 0 Å². The molecule has 3 aliphatic rings. The third-order valence-corrected chi connectivity index (χ3v) is 5.62. The Kier molecular flexibility index (Phi) is 2.83. The summed E-state index contributed by atoms with van der Waals surface area (Å²) in [4.78, 5) is 12.6. The van der Waals surface area contributed by atoms with Gasteiger partial charge in [-0.15, -0.1) is 0 Å². The Labute approximate surface area is 109 Å². The number of rotatable bonds is 0. The molecule has 4 unspecified atom stereocenters. The van der Waals surface area contributed by atoms with Crippen molar-refractivity contribution >= 4 is 5.78 Å². The van der Waals surface area contributed by atoms with Gasteiger partial charge >= 0.3 is 0 Å². The molecule has 0 aromatic carbocycles. The standard InChI is InChI=1S/C15H24O3/c1-10-11(2)18-15(17-10)9-5-7-12-6-4-8-13(16)14(12,15)3/h10-12H,4-9H2,1-3H3. The minimum absolute atomic E-state index is 0.0929. The highest BCUT2D eigenvalue weighted by molar-refractivity contribution is 5.87. The SMILES string of the molecule is CC1OC2(CCCC3CCCC(=O)C32C)OC1C. The Morgan fingerprint density at radius 1 is 1.11 bits per heavy atom. The molecule has 0 aromatic heterocycles. The Morgan fingerprint density at radius 2 is 1.72 bits per heavy atom. The van der Waals surface area contributed by atoms with Crippen molar-refractivity contribution < 1.29 is 14.3 Å². The van der Waals surface area contributed by atoms with Crippen LogP contribution >= 0.6 is 0 Å². The van der Waals surface area contributed by atoms with Gasteiger partial charge in [-0.1, -0.05) is 0 Å². The molecule has 1 heterocycles. The average molecular weight is 252 g/mol. The van der Waals surface area contributed by atoms with E-state index in [0.29, 0.717) is 18.1 Å². The van der Waals surface area contributed by atoms with Crippen LogP contribution in [0.4, 0.5) is 0 Å². The molecule has 3 heteroatoms. The summed E-state index contributed by atoms with van der Waals surface area (Å²) in [6, 6.07) is 0. The van der Waals surface area contributed by atoms with Crippen LogP contribution < -0.4 is 0 Å². The maximum atomic E-state index is 12.6. The highest BCUT2D eigenvalue weighted by Crippen LogP contribution is 2.58. The van der Waals surface area contributed by atoms with Crippen molar-refractivity contribution in [3.63, 3.8) is 0 Å². The number of ketones is 1. The summed E-state index contributed by atoms with van der Waals surface area (Å²) in [7, 11) is 0. The lowest BCUT2D eigenvalue weighted by Crippen LogP contribution is -2.60. The summed E-state index contributed by atoms with van der Waals surface area (Å²) in [5.74, 6) is 0.177. The Morgan fingerprint density at radius 3 is 2.39 bits per heavy atom. The smallest absolute Gasteiger partial charge is 0.181 e. The summed E-state index contributed by atoms with van der Waals surface area (Å²) >= 11 is 0. The van der Waals surface area contributed by atoms with Gasteiger partial charge in [0.2, 0.25) is 0 Å². The van der Waals surface area contributed by atoms with E-state index in [2.05, 4.69) is 20.8 Å². The van der Waals surface area contributed by atoms with Gasteiger partial charge in [-0.3, -0.25) is 4.79 Å². The van der Waals surface area contributed by atoms with E-state index in [1.807, 2.05) is 0 Å². The molecule has 1 aliphatic heterocycles. The van der Waals surface area contributed by atoms with Crippen molar-refractivity contribution in [2.75, 3.05) is 0 Å². The summed E-state index contributed by atoms with van der Waals surface area (Å²) in [6.45, 7) is 6.21. The van der Waals surface area contributed by atoms with Crippen LogP contribution in [-0.2, 0) is 14.3 Å². The quantitative estimate of drug-likeness (QED) is 0.664. The number of fused-ring (bicyclic) bond motifs is 2. The molecule has 18 heavy (non-hydrogen) atoms. The average Bonchev–Trinajstić information content (AvgIpc) is 2.60. The van der Waals surface area contributed by atoms with Gasteiger partial charge in [0.05, 0.1) is 17.6 Å². The fourth-order valence-corrected chi connectivity index (χ4v) is 4.26. The highest BCUT2D eigenvalue weighted by Gasteiger charge is 2.64. The first-order valence-electron chi connectivity index (χ1n) is 7.38. The summed E-state index contributed by atoms with van der Waals surface area (Å²) < 4.78 is 12.4. The van der Waals surface area contributed by atoms with Gasteiger partial charge in [-0.2, -0.15) is 0 Å². The van der Waals surface area contributed by atoms with Crippen LogP contribution in [0.2, 0.25) is 0 Å². The van der Waals surface area contributed by atoms with Crippen LogP contribution in [-0.4, -0.2) is 23.8 Å². The molecule has 0 amide bonds. The van der Waals surface area contributed by atoms with Gasteiger partial charge in [0.1, 0.15) is 5.78 Å². The minimum atomic E-state index is -0.633. The van der Waals surface area contributed by atoms with Crippen LogP contribution in [0, 0.1) is 11.3 Å². The lowest BCUT2D eigenvalue weighted by atomic mass is 9.56. The largest absolute Gasteiger partial charge is 0.343 e. The zero-order chi connectivity index (χ0) is 13.0. The summed E-state index contributed by atoms with van der Waals surface area (Å²) in [5, 5.41) is 0.